The number of hydrogen-bond acceptors (Lipinski definition) is 10. The molecule has 0 radical (unpaired) electrons. The van der Waals surface area contributed by atoms with Crippen molar-refractivity contribution in [2.24, 2.45) is 0 Å². The minimum atomic E-state index is -5.32. The summed E-state index contributed by atoms with van der Waals surface area (Å²) in [5.41, 5.74) is 4.41. The van der Waals surface area contributed by atoms with Gasteiger partial charge in [-0.25, -0.2) is 13.9 Å². The van der Waals surface area contributed by atoms with E-state index in [-0.39, 0.29) is 5.82 Å². The van der Waals surface area contributed by atoms with Crippen molar-refractivity contribution in [3.05, 3.63) is 34.3 Å². The molecule has 1 unspecified atom stereocenters. The van der Waals surface area contributed by atoms with E-state index in [9.17, 15) is 24.1 Å². The Morgan fingerprint density at radius 3 is 2.56 bits per heavy atom. The fourth-order valence-corrected chi connectivity index (χ4v) is 3.35. The maximum atomic E-state index is 11.7. The van der Waals surface area contributed by atoms with Crippen molar-refractivity contribution in [1.29, 1.82) is 0 Å². The number of nitrogens with two attached hydrogens (primary N) is 1. The molecule has 0 fully saturated rings. The van der Waals surface area contributed by atoms with Crippen LogP contribution in [0.5, 0.6) is 0 Å². The van der Waals surface area contributed by atoms with Crippen molar-refractivity contribution in [3.63, 3.8) is 0 Å². The van der Waals surface area contributed by atoms with Crippen LogP contribution in [0.25, 0.3) is 0 Å². The van der Waals surface area contributed by atoms with Crippen LogP contribution in [0.3, 0.4) is 0 Å². The predicted molar refractivity (Wildman–Crippen MR) is 77.6 cm³/mol. The standard InChI is InChI=1S/C9H13N3O11P2/c10-5-1-2-12(9(15)11-5)8-7(14)6(13)4(22-8)3-21-25(19,20)23-24(16,17)18/h1-2,7-8,13-14H,3H2,(H,19,20)(H2,10,11,15)(H2,16,17,18)/t7-,8-/m1/s1. The number of ether oxygens (including phenoxy) is 1. The lowest BCUT2D eigenvalue weighted by Crippen LogP contribution is -2.33. The van der Waals surface area contributed by atoms with Gasteiger partial charge in [0.15, 0.2) is 17.6 Å². The summed E-state index contributed by atoms with van der Waals surface area (Å²) >= 11 is 0. The van der Waals surface area contributed by atoms with Crippen LogP contribution in [-0.2, 0) is 22.7 Å². The number of nitrogen functional groups attached to an aromatic ring is 1. The Labute approximate surface area is 138 Å². The van der Waals surface area contributed by atoms with E-state index in [1.165, 1.54) is 6.07 Å². The van der Waals surface area contributed by atoms with Crippen LogP contribution < -0.4 is 11.4 Å². The van der Waals surface area contributed by atoms with Gasteiger partial charge in [-0.1, -0.05) is 0 Å². The molecule has 140 valence electrons. The lowest BCUT2D eigenvalue weighted by Gasteiger charge is -2.18. The average molecular weight is 401 g/mol. The Morgan fingerprint density at radius 2 is 2.00 bits per heavy atom. The SMILES string of the molecule is Nc1ccn([C@@H]2OC(COP(=O)(O)OP(=O)(O)O)=C(O)[C@H]2O)c(=O)n1. The highest BCUT2D eigenvalue weighted by atomic mass is 31.3. The van der Waals surface area contributed by atoms with Gasteiger partial charge in [0.1, 0.15) is 12.4 Å². The van der Waals surface area contributed by atoms with Gasteiger partial charge < -0.3 is 35.4 Å². The van der Waals surface area contributed by atoms with Gasteiger partial charge in [0.05, 0.1) is 0 Å². The molecule has 0 aliphatic carbocycles. The minimum absolute atomic E-state index is 0.0923. The molecule has 25 heavy (non-hydrogen) atoms. The van der Waals surface area contributed by atoms with Gasteiger partial charge in [-0.05, 0) is 6.07 Å². The van der Waals surface area contributed by atoms with Gasteiger partial charge in [-0.2, -0.15) is 9.29 Å². The van der Waals surface area contributed by atoms with E-state index in [0.29, 0.717) is 0 Å². The molecule has 0 spiro atoms. The third kappa shape index (κ3) is 4.87. The van der Waals surface area contributed by atoms with Crippen molar-refractivity contribution in [2.75, 3.05) is 12.3 Å². The number of aliphatic hydroxyl groups excluding tert-OH is 2. The lowest BCUT2D eigenvalue weighted by molar-refractivity contribution is -0.0170. The van der Waals surface area contributed by atoms with Crippen LogP contribution >= 0.6 is 15.6 Å². The molecule has 2 heterocycles. The molecule has 3 atom stereocenters. The third-order valence-corrected chi connectivity index (χ3v) is 4.92. The van der Waals surface area contributed by atoms with Crippen LogP contribution in [0.4, 0.5) is 5.82 Å². The molecule has 14 nitrogen and oxygen atoms in total. The normalized spacial score (nSPS) is 23.4. The smallest absolute Gasteiger partial charge is 0.481 e. The fraction of sp³-hybridized carbons (Fsp3) is 0.333. The fourth-order valence-electron chi connectivity index (χ4n) is 1.81. The Kier molecular flexibility index (Phi) is 5.37. The highest BCUT2D eigenvalue weighted by Crippen LogP contribution is 2.57. The molecule has 1 aliphatic heterocycles. The highest BCUT2D eigenvalue weighted by molar-refractivity contribution is 7.60. The molecule has 16 heteroatoms. The maximum Gasteiger partial charge on any atom is 0.481 e. The van der Waals surface area contributed by atoms with Crippen LogP contribution in [0.2, 0.25) is 0 Å². The molecular weight excluding hydrogens is 388 g/mol. The number of rotatable bonds is 6. The van der Waals surface area contributed by atoms with Crippen LogP contribution in [0.1, 0.15) is 6.23 Å². The van der Waals surface area contributed by atoms with E-state index < -0.39 is 51.8 Å². The number of hydrogen-bond donors (Lipinski definition) is 6. The summed E-state index contributed by atoms with van der Waals surface area (Å²) in [4.78, 5) is 41.2. The zero-order chi connectivity index (χ0) is 19.0. The van der Waals surface area contributed by atoms with E-state index in [1.807, 2.05) is 0 Å². The number of phosphoric acid groups is 2. The number of nitrogens with zero attached hydrogens (tertiary/aromatic N) is 2. The average Bonchev–Trinajstić information content (AvgIpc) is 2.71. The van der Waals surface area contributed by atoms with Gasteiger partial charge in [0, 0.05) is 6.20 Å². The molecule has 1 aromatic rings. The molecule has 0 aromatic carbocycles. The van der Waals surface area contributed by atoms with Crippen LogP contribution in [-0.4, -0.2) is 47.2 Å². The van der Waals surface area contributed by atoms with Crippen LogP contribution in [0, 0.1) is 0 Å². The van der Waals surface area contributed by atoms with Crippen molar-refractivity contribution in [1.82, 2.24) is 9.55 Å². The molecule has 1 aliphatic rings. The Balaban J connectivity index is 2.12. The summed E-state index contributed by atoms with van der Waals surface area (Å²) in [6, 6.07) is 1.22. The van der Waals surface area contributed by atoms with E-state index in [1.54, 1.807) is 0 Å². The van der Waals surface area contributed by atoms with Gasteiger partial charge in [0.2, 0.25) is 6.23 Å². The first-order valence-electron chi connectivity index (χ1n) is 6.25. The molecular formula is C9H13N3O11P2. The molecule has 2 rings (SSSR count). The molecule has 0 saturated heterocycles. The first kappa shape index (κ1) is 19.6. The van der Waals surface area contributed by atoms with Crippen molar-refractivity contribution in [3.8, 4) is 0 Å². The number of anilines is 1. The zero-order valence-corrected chi connectivity index (χ0v) is 13.9. The summed E-state index contributed by atoms with van der Waals surface area (Å²) in [7, 11) is -10.5. The first-order valence-corrected chi connectivity index (χ1v) is 9.28. The second-order valence-corrected chi connectivity index (χ2v) is 7.45. The van der Waals surface area contributed by atoms with Crippen molar-refractivity contribution in [2.45, 2.75) is 12.3 Å². The van der Waals surface area contributed by atoms with E-state index >= 15 is 0 Å². The number of phosphoric ester groups is 1. The zero-order valence-electron chi connectivity index (χ0n) is 12.1. The van der Waals surface area contributed by atoms with Gasteiger partial charge in [0.25, 0.3) is 0 Å². The molecule has 0 saturated carbocycles. The Bertz CT molecular complexity index is 845. The van der Waals surface area contributed by atoms with E-state index in [4.69, 9.17) is 25.2 Å². The van der Waals surface area contributed by atoms with Gasteiger partial charge >= 0.3 is 21.3 Å². The van der Waals surface area contributed by atoms with Gasteiger partial charge in [-0.3, -0.25) is 9.09 Å². The Hall–Kier alpha value is -1.76. The minimum Gasteiger partial charge on any atom is -0.506 e. The summed E-state index contributed by atoms with van der Waals surface area (Å²) in [5.74, 6) is -1.49. The van der Waals surface area contributed by atoms with E-state index in [2.05, 4.69) is 13.8 Å². The summed E-state index contributed by atoms with van der Waals surface area (Å²) in [6.45, 7) is -0.996. The lowest BCUT2D eigenvalue weighted by atomic mass is 10.2. The predicted octanol–water partition coefficient (Wildman–Crippen LogP) is -1.29. The summed E-state index contributed by atoms with van der Waals surface area (Å²) in [5, 5.41) is 19.7. The topological polar surface area (TPSA) is 224 Å². The van der Waals surface area contributed by atoms with Gasteiger partial charge in [-0.15, -0.1) is 0 Å². The maximum absolute atomic E-state index is 11.7. The van der Waals surface area contributed by atoms with Crippen LogP contribution in [0.15, 0.2) is 28.6 Å². The molecule has 0 bridgehead atoms. The highest BCUT2D eigenvalue weighted by Gasteiger charge is 2.40. The molecule has 1 aromatic heterocycles. The third-order valence-electron chi connectivity index (χ3n) is 2.79. The number of aromatic nitrogens is 2. The van der Waals surface area contributed by atoms with Crippen molar-refractivity contribution >= 4 is 21.5 Å². The first-order chi connectivity index (χ1) is 11.4. The monoisotopic (exact) mass is 401 g/mol. The summed E-state index contributed by atoms with van der Waals surface area (Å²) in [6.07, 6.45) is -2.09. The van der Waals surface area contributed by atoms with Crippen molar-refractivity contribution < 1.29 is 47.6 Å². The quantitative estimate of drug-likeness (QED) is 0.306. The second-order valence-electron chi connectivity index (χ2n) is 4.62. The molecule has 7 N–H and O–H groups in total. The van der Waals surface area contributed by atoms with E-state index in [0.717, 1.165) is 10.8 Å². The summed E-state index contributed by atoms with van der Waals surface area (Å²) < 4.78 is 35.5. The largest absolute Gasteiger partial charge is 0.506 e. The Morgan fingerprint density at radius 1 is 1.36 bits per heavy atom. The molecule has 0 amide bonds. The second kappa shape index (κ2) is 6.86. The number of aliphatic hydroxyl groups is 2.